The molecule has 0 radical (unpaired) electrons. The summed E-state index contributed by atoms with van der Waals surface area (Å²) in [5.41, 5.74) is 1.25. The summed E-state index contributed by atoms with van der Waals surface area (Å²) in [6.07, 6.45) is 3.32. The molecular weight excluding hydrogens is 238 g/mol. The minimum absolute atomic E-state index is 0.0215. The molecule has 0 fully saturated rings. The van der Waals surface area contributed by atoms with Crippen LogP contribution in [0.15, 0.2) is 30.3 Å². The Balaban J connectivity index is 2.16. The minimum Gasteiger partial charge on any atom is -0.280 e. The number of aryl methyl sites for hydroxylation is 1. The normalized spacial score (nSPS) is 11.4. The van der Waals surface area contributed by atoms with Gasteiger partial charge in [-0.1, -0.05) is 36.8 Å². The fourth-order valence-corrected chi connectivity index (χ4v) is 1.99. The second-order valence-corrected chi connectivity index (χ2v) is 5.51. The lowest BCUT2D eigenvalue weighted by molar-refractivity contribution is -0.111. The van der Waals surface area contributed by atoms with Crippen molar-refractivity contribution in [2.45, 2.75) is 32.1 Å². The van der Waals surface area contributed by atoms with Gasteiger partial charge in [-0.15, -0.1) is 0 Å². The van der Waals surface area contributed by atoms with Crippen LogP contribution in [0, 0.1) is 0 Å². The maximum atomic E-state index is 11.0. The molecule has 0 amide bonds. The van der Waals surface area contributed by atoms with Crippen molar-refractivity contribution in [3.8, 4) is 0 Å². The number of carbonyl (C=O) groups is 1. The van der Waals surface area contributed by atoms with Gasteiger partial charge in [0.15, 0.2) is 0 Å². The van der Waals surface area contributed by atoms with Crippen LogP contribution < -0.4 is 5.14 Å². The molecule has 17 heavy (non-hydrogen) atoms. The van der Waals surface area contributed by atoms with E-state index in [4.69, 9.17) is 5.14 Å². The van der Waals surface area contributed by atoms with Gasteiger partial charge >= 0.3 is 0 Å². The van der Waals surface area contributed by atoms with Crippen LogP contribution in [0.1, 0.15) is 31.2 Å². The number of sulfonamides is 1. The summed E-state index contributed by atoms with van der Waals surface area (Å²) in [6.45, 7) is 0. The highest BCUT2D eigenvalue weighted by molar-refractivity contribution is 8.04. The Kier molecular flexibility index (Phi) is 5.31. The summed E-state index contributed by atoms with van der Waals surface area (Å²) in [4.78, 5) is 11.0. The maximum absolute atomic E-state index is 11.0. The van der Waals surface area contributed by atoms with Gasteiger partial charge in [0.2, 0.25) is 0 Å². The van der Waals surface area contributed by atoms with E-state index in [2.05, 4.69) is 12.1 Å². The number of benzene rings is 1. The van der Waals surface area contributed by atoms with E-state index in [1.54, 1.807) is 0 Å². The molecule has 5 heteroatoms. The van der Waals surface area contributed by atoms with Gasteiger partial charge in [0.25, 0.3) is 15.1 Å². The van der Waals surface area contributed by atoms with Gasteiger partial charge in [-0.3, -0.25) is 4.79 Å². The Morgan fingerprint density at radius 2 is 1.71 bits per heavy atom. The Morgan fingerprint density at radius 1 is 1.06 bits per heavy atom. The van der Waals surface area contributed by atoms with Crippen LogP contribution in [0.5, 0.6) is 0 Å². The molecule has 1 rings (SSSR count). The quantitative estimate of drug-likeness (QED) is 0.784. The largest absolute Gasteiger partial charge is 0.280 e. The third-order valence-electron chi connectivity index (χ3n) is 2.51. The van der Waals surface area contributed by atoms with E-state index >= 15 is 0 Å². The number of unbranched alkanes of at least 4 members (excludes halogenated alkanes) is 2. The van der Waals surface area contributed by atoms with Gasteiger partial charge in [-0.25, -0.2) is 13.6 Å². The van der Waals surface area contributed by atoms with Crippen LogP contribution in [0.4, 0.5) is 0 Å². The molecule has 0 saturated carbocycles. The zero-order valence-electron chi connectivity index (χ0n) is 9.63. The molecule has 0 aliphatic carbocycles. The molecule has 1 aromatic rings. The first-order chi connectivity index (χ1) is 8.00. The van der Waals surface area contributed by atoms with Crippen molar-refractivity contribution in [2.75, 3.05) is 0 Å². The zero-order chi connectivity index (χ0) is 12.7. The average molecular weight is 255 g/mol. The second-order valence-electron chi connectivity index (χ2n) is 3.96. The second kappa shape index (κ2) is 6.51. The Hall–Kier alpha value is -1.20. The Labute approximate surface area is 102 Å². The number of hydrogen-bond donors (Lipinski definition) is 1. The lowest BCUT2D eigenvalue weighted by atomic mass is 10.1. The molecule has 0 aliphatic heterocycles. The highest BCUT2D eigenvalue weighted by Crippen LogP contribution is 2.08. The van der Waals surface area contributed by atoms with Crippen molar-refractivity contribution in [3.05, 3.63) is 35.9 Å². The van der Waals surface area contributed by atoms with Crippen LogP contribution in [-0.2, 0) is 21.2 Å². The molecule has 1 aromatic carbocycles. The molecule has 0 aliphatic rings. The summed E-state index contributed by atoms with van der Waals surface area (Å²) in [7, 11) is -3.98. The van der Waals surface area contributed by atoms with Crippen molar-refractivity contribution in [1.29, 1.82) is 0 Å². The van der Waals surface area contributed by atoms with Crippen LogP contribution in [0.2, 0.25) is 0 Å². The van der Waals surface area contributed by atoms with E-state index in [1.807, 2.05) is 18.2 Å². The molecule has 0 spiro atoms. The topological polar surface area (TPSA) is 77.2 Å². The molecule has 0 bridgehead atoms. The molecule has 0 aromatic heterocycles. The third-order valence-corrected chi connectivity index (χ3v) is 3.35. The number of rotatable bonds is 6. The molecular formula is C12H17NO3S. The van der Waals surface area contributed by atoms with Crippen LogP contribution in [-0.4, -0.2) is 13.5 Å². The highest BCUT2D eigenvalue weighted by atomic mass is 32.2. The van der Waals surface area contributed by atoms with E-state index < -0.39 is 15.1 Å². The number of carbonyl (C=O) groups excluding carboxylic acids is 1. The van der Waals surface area contributed by atoms with Crippen molar-refractivity contribution in [1.82, 2.24) is 0 Å². The van der Waals surface area contributed by atoms with E-state index in [0.717, 1.165) is 19.3 Å². The molecule has 0 saturated heterocycles. The molecule has 0 unspecified atom stereocenters. The van der Waals surface area contributed by atoms with Gasteiger partial charge in [-0.05, 0) is 24.8 Å². The van der Waals surface area contributed by atoms with Crippen molar-refractivity contribution < 1.29 is 13.2 Å². The molecule has 4 nitrogen and oxygen atoms in total. The van der Waals surface area contributed by atoms with E-state index in [0.29, 0.717) is 6.42 Å². The van der Waals surface area contributed by atoms with Crippen LogP contribution >= 0.6 is 0 Å². The number of nitrogens with two attached hydrogens (primary N) is 1. The first-order valence-electron chi connectivity index (χ1n) is 5.60. The van der Waals surface area contributed by atoms with Crippen molar-refractivity contribution in [3.63, 3.8) is 0 Å². The third kappa shape index (κ3) is 5.60. The Bertz CT molecular complexity index is 454. The fraction of sp³-hybridized carbons (Fsp3) is 0.417. The highest BCUT2D eigenvalue weighted by Gasteiger charge is 2.14. The van der Waals surface area contributed by atoms with Gasteiger partial charge in [0.1, 0.15) is 0 Å². The SMILES string of the molecule is NS(=O)(=O)C(=O)CCCCCc1ccccc1. The van der Waals surface area contributed by atoms with Crippen molar-refractivity contribution >= 4 is 15.1 Å². The van der Waals surface area contributed by atoms with Crippen molar-refractivity contribution in [2.24, 2.45) is 5.14 Å². The standard InChI is InChI=1S/C12H17NO3S/c13-17(15,16)12(14)10-6-2-5-9-11-7-3-1-4-8-11/h1,3-4,7-8H,2,5-6,9-10H2,(H2,13,15,16). The summed E-state index contributed by atoms with van der Waals surface area (Å²) in [6, 6.07) is 10.0. The van der Waals surface area contributed by atoms with Crippen LogP contribution in [0.25, 0.3) is 0 Å². The lowest BCUT2D eigenvalue weighted by Crippen LogP contribution is -2.22. The monoisotopic (exact) mass is 255 g/mol. The van der Waals surface area contributed by atoms with E-state index in [-0.39, 0.29) is 6.42 Å². The predicted molar refractivity (Wildman–Crippen MR) is 66.7 cm³/mol. The van der Waals surface area contributed by atoms with E-state index in [1.165, 1.54) is 5.56 Å². The first kappa shape index (κ1) is 13.9. The maximum Gasteiger partial charge on any atom is 0.271 e. The molecule has 2 N–H and O–H groups in total. The molecule has 0 atom stereocenters. The molecule has 94 valence electrons. The number of primary sulfonamides is 1. The number of hydrogen-bond acceptors (Lipinski definition) is 3. The van der Waals surface area contributed by atoms with Gasteiger partial charge < -0.3 is 0 Å². The molecule has 0 heterocycles. The summed E-state index contributed by atoms with van der Waals surface area (Å²) < 4.78 is 21.3. The first-order valence-corrected chi connectivity index (χ1v) is 7.14. The fourth-order valence-electron chi connectivity index (χ4n) is 1.56. The van der Waals surface area contributed by atoms with Gasteiger partial charge in [0, 0.05) is 6.42 Å². The lowest BCUT2D eigenvalue weighted by Gasteiger charge is -2.01. The van der Waals surface area contributed by atoms with E-state index in [9.17, 15) is 13.2 Å². The van der Waals surface area contributed by atoms with Gasteiger partial charge in [0.05, 0.1) is 0 Å². The zero-order valence-corrected chi connectivity index (χ0v) is 10.4. The summed E-state index contributed by atoms with van der Waals surface area (Å²) >= 11 is 0. The van der Waals surface area contributed by atoms with Crippen LogP contribution in [0.3, 0.4) is 0 Å². The average Bonchev–Trinajstić information content (AvgIpc) is 2.28. The minimum atomic E-state index is -3.98. The summed E-state index contributed by atoms with van der Waals surface area (Å²) in [5.74, 6) is 0. The summed E-state index contributed by atoms with van der Waals surface area (Å²) in [5, 5.41) is 3.84. The Morgan fingerprint density at radius 3 is 2.29 bits per heavy atom. The smallest absolute Gasteiger partial charge is 0.271 e. The van der Waals surface area contributed by atoms with Gasteiger partial charge in [-0.2, -0.15) is 0 Å². The predicted octanol–water partition coefficient (Wildman–Crippen LogP) is 1.60.